The van der Waals surface area contributed by atoms with Gasteiger partial charge in [0.2, 0.25) is 0 Å². The molecule has 0 spiro atoms. The van der Waals surface area contributed by atoms with Crippen molar-refractivity contribution < 1.29 is 14.7 Å². The molecule has 3 aromatic carbocycles. The molecule has 0 unspecified atom stereocenters. The average molecular weight is 368 g/mol. The Bertz CT molecular complexity index is 1090. The Labute approximate surface area is 161 Å². The molecule has 0 saturated heterocycles. The number of carboxylic acids is 1. The van der Waals surface area contributed by atoms with E-state index in [0.29, 0.717) is 17.0 Å². The van der Waals surface area contributed by atoms with Crippen LogP contribution in [-0.4, -0.2) is 22.7 Å². The third-order valence-electron chi connectivity index (χ3n) is 4.39. The molecular weight excluding hydrogens is 352 g/mol. The second-order valence-corrected chi connectivity index (χ2v) is 6.25. The van der Waals surface area contributed by atoms with Crippen LogP contribution in [0.15, 0.2) is 95.6 Å². The molecule has 0 aromatic heterocycles. The van der Waals surface area contributed by atoms with Gasteiger partial charge in [-0.05, 0) is 35.9 Å². The van der Waals surface area contributed by atoms with E-state index in [1.54, 1.807) is 12.1 Å². The van der Waals surface area contributed by atoms with Gasteiger partial charge in [0.15, 0.2) is 0 Å². The Morgan fingerprint density at radius 1 is 0.857 bits per heavy atom. The maximum absolute atomic E-state index is 13.1. The van der Waals surface area contributed by atoms with Crippen LogP contribution in [0.5, 0.6) is 0 Å². The minimum atomic E-state index is -1.02. The van der Waals surface area contributed by atoms with E-state index >= 15 is 0 Å². The van der Waals surface area contributed by atoms with Gasteiger partial charge in [0.1, 0.15) is 5.71 Å². The Hall–Kier alpha value is -3.99. The van der Waals surface area contributed by atoms with Crippen LogP contribution in [0.25, 0.3) is 6.08 Å². The summed E-state index contributed by atoms with van der Waals surface area (Å²) < 4.78 is 0. The molecule has 3 aromatic rings. The lowest BCUT2D eigenvalue weighted by Gasteiger charge is -2.11. The number of hydrogen-bond donors (Lipinski definition) is 1. The summed E-state index contributed by atoms with van der Waals surface area (Å²) >= 11 is 0. The van der Waals surface area contributed by atoms with Crippen molar-refractivity contribution in [3.63, 3.8) is 0 Å². The summed E-state index contributed by atoms with van der Waals surface area (Å²) in [5.41, 5.74) is 3.47. The molecule has 0 atom stereocenters. The number of aromatic carboxylic acids is 1. The fourth-order valence-electron chi connectivity index (χ4n) is 2.99. The topological polar surface area (TPSA) is 70.0 Å². The number of carboxylic acid groups (broad SMARTS) is 1. The van der Waals surface area contributed by atoms with Gasteiger partial charge in [0.25, 0.3) is 5.91 Å². The van der Waals surface area contributed by atoms with E-state index < -0.39 is 5.97 Å². The van der Waals surface area contributed by atoms with Gasteiger partial charge >= 0.3 is 5.97 Å². The van der Waals surface area contributed by atoms with Crippen LogP contribution >= 0.6 is 0 Å². The lowest BCUT2D eigenvalue weighted by molar-refractivity contribution is -0.114. The fraction of sp³-hybridized carbons (Fsp3) is 0. The van der Waals surface area contributed by atoms with E-state index in [1.807, 2.05) is 66.7 Å². The van der Waals surface area contributed by atoms with Crippen LogP contribution in [-0.2, 0) is 4.79 Å². The smallest absolute Gasteiger partial charge is 0.335 e. The van der Waals surface area contributed by atoms with Gasteiger partial charge in [0, 0.05) is 5.56 Å². The van der Waals surface area contributed by atoms with Crippen molar-refractivity contribution in [2.75, 3.05) is 5.01 Å². The molecule has 1 heterocycles. The molecule has 1 N–H and O–H groups in total. The third-order valence-corrected chi connectivity index (χ3v) is 4.39. The van der Waals surface area contributed by atoms with Crippen molar-refractivity contribution in [1.82, 2.24) is 0 Å². The van der Waals surface area contributed by atoms with Gasteiger partial charge in [0.05, 0.1) is 16.8 Å². The van der Waals surface area contributed by atoms with Crippen LogP contribution in [0.3, 0.4) is 0 Å². The van der Waals surface area contributed by atoms with Crippen molar-refractivity contribution in [1.29, 1.82) is 0 Å². The first kappa shape index (κ1) is 17.4. The molecule has 0 saturated carbocycles. The van der Waals surface area contributed by atoms with Crippen LogP contribution in [0.4, 0.5) is 5.69 Å². The van der Waals surface area contributed by atoms with E-state index in [1.165, 1.54) is 17.1 Å². The molecule has 5 heteroatoms. The highest BCUT2D eigenvalue weighted by Gasteiger charge is 2.32. The predicted octanol–water partition coefficient (Wildman–Crippen LogP) is 4.22. The Morgan fingerprint density at radius 2 is 1.46 bits per heavy atom. The SMILES string of the molecule is O=C(O)c1ccc(N2N=C(c3ccccc3)/C(=C/c3ccccc3)C2=O)cc1. The summed E-state index contributed by atoms with van der Waals surface area (Å²) in [5, 5.41) is 14.9. The number of benzene rings is 3. The van der Waals surface area contributed by atoms with Gasteiger partial charge in [-0.15, -0.1) is 0 Å². The number of carbonyl (C=O) groups excluding carboxylic acids is 1. The van der Waals surface area contributed by atoms with E-state index in [2.05, 4.69) is 5.10 Å². The zero-order valence-electron chi connectivity index (χ0n) is 14.8. The van der Waals surface area contributed by atoms with Crippen molar-refractivity contribution in [3.8, 4) is 0 Å². The standard InChI is InChI=1S/C23H16N2O3/c26-22-20(15-16-7-3-1-4-8-16)21(17-9-5-2-6-10-17)24-25(22)19-13-11-18(12-14-19)23(27)28/h1-15H,(H,27,28)/b20-15-. The van der Waals surface area contributed by atoms with Gasteiger partial charge in [-0.1, -0.05) is 60.7 Å². The highest BCUT2D eigenvalue weighted by molar-refractivity contribution is 6.37. The summed E-state index contributed by atoms with van der Waals surface area (Å²) in [4.78, 5) is 24.2. The largest absolute Gasteiger partial charge is 0.478 e. The second kappa shape index (κ2) is 7.32. The lowest BCUT2D eigenvalue weighted by Crippen LogP contribution is -2.21. The molecule has 1 amide bonds. The maximum Gasteiger partial charge on any atom is 0.335 e. The van der Waals surface area contributed by atoms with Gasteiger partial charge in [-0.2, -0.15) is 10.1 Å². The zero-order chi connectivity index (χ0) is 19.5. The Morgan fingerprint density at radius 3 is 2.07 bits per heavy atom. The molecule has 4 rings (SSSR count). The number of nitrogens with zero attached hydrogens (tertiary/aromatic N) is 2. The summed E-state index contributed by atoms with van der Waals surface area (Å²) in [6, 6.07) is 25.2. The summed E-state index contributed by atoms with van der Waals surface area (Å²) in [7, 11) is 0. The number of hydrazone groups is 1. The number of carbonyl (C=O) groups is 2. The molecule has 28 heavy (non-hydrogen) atoms. The number of anilines is 1. The van der Waals surface area contributed by atoms with E-state index in [-0.39, 0.29) is 11.5 Å². The van der Waals surface area contributed by atoms with Gasteiger partial charge in [-0.25, -0.2) is 4.79 Å². The van der Waals surface area contributed by atoms with Crippen LogP contribution in [0.1, 0.15) is 21.5 Å². The van der Waals surface area contributed by atoms with E-state index in [9.17, 15) is 9.59 Å². The molecule has 1 aliphatic heterocycles. The second-order valence-electron chi connectivity index (χ2n) is 6.25. The monoisotopic (exact) mass is 368 g/mol. The van der Waals surface area contributed by atoms with Crippen molar-refractivity contribution in [2.24, 2.45) is 5.10 Å². The van der Waals surface area contributed by atoms with Gasteiger partial charge < -0.3 is 5.11 Å². The normalized spacial score (nSPS) is 15.0. The van der Waals surface area contributed by atoms with E-state index in [0.717, 1.165) is 11.1 Å². The summed E-state index contributed by atoms with van der Waals surface area (Å²) in [5.74, 6) is -1.27. The number of amides is 1. The van der Waals surface area contributed by atoms with Crippen LogP contribution in [0, 0.1) is 0 Å². The fourth-order valence-corrected chi connectivity index (χ4v) is 2.99. The quantitative estimate of drug-likeness (QED) is 0.701. The first-order valence-electron chi connectivity index (χ1n) is 8.72. The zero-order valence-corrected chi connectivity index (χ0v) is 14.8. The van der Waals surface area contributed by atoms with Crippen molar-refractivity contribution in [3.05, 3.63) is 107 Å². The predicted molar refractivity (Wildman–Crippen MR) is 108 cm³/mol. The summed E-state index contributed by atoms with van der Waals surface area (Å²) in [6.45, 7) is 0. The summed E-state index contributed by atoms with van der Waals surface area (Å²) in [6.07, 6.45) is 1.82. The Balaban J connectivity index is 1.79. The molecule has 1 aliphatic rings. The molecular formula is C23H16N2O3. The highest BCUT2D eigenvalue weighted by Crippen LogP contribution is 2.28. The third kappa shape index (κ3) is 3.33. The Kier molecular flexibility index (Phi) is 4.56. The lowest BCUT2D eigenvalue weighted by atomic mass is 10.0. The molecule has 0 aliphatic carbocycles. The van der Waals surface area contributed by atoms with Crippen LogP contribution in [0.2, 0.25) is 0 Å². The van der Waals surface area contributed by atoms with E-state index in [4.69, 9.17) is 5.11 Å². The minimum Gasteiger partial charge on any atom is -0.478 e. The number of hydrogen-bond acceptors (Lipinski definition) is 3. The molecule has 0 bridgehead atoms. The highest BCUT2D eigenvalue weighted by atomic mass is 16.4. The minimum absolute atomic E-state index is 0.155. The van der Waals surface area contributed by atoms with Gasteiger partial charge in [-0.3, -0.25) is 4.79 Å². The van der Waals surface area contributed by atoms with Crippen molar-refractivity contribution in [2.45, 2.75) is 0 Å². The van der Waals surface area contributed by atoms with Crippen LogP contribution < -0.4 is 5.01 Å². The number of rotatable bonds is 4. The van der Waals surface area contributed by atoms with Crippen molar-refractivity contribution >= 4 is 29.4 Å². The molecule has 0 fully saturated rings. The first-order chi connectivity index (χ1) is 13.6. The maximum atomic E-state index is 13.1. The average Bonchev–Trinajstić information content (AvgIpc) is 3.06. The molecule has 5 nitrogen and oxygen atoms in total. The first-order valence-corrected chi connectivity index (χ1v) is 8.72. The molecule has 0 radical (unpaired) electrons. The molecule has 136 valence electrons.